The molecule has 0 bridgehead atoms. The van der Waals surface area contributed by atoms with E-state index in [4.69, 9.17) is 9.72 Å². The number of piperidine rings is 1. The summed E-state index contributed by atoms with van der Waals surface area (Å²) in [6, 6.07) is 7.92. The molecule has 1 fully saturated rings. The molecule has 0 saturated carbocycles. The summed E-state index contributed by atoms with van der Waals surface area (Å²) >= 11 is 0. The highest BCUT2D eigenvalue weighted by molar-refractivity contribution is 5.74. The molecule has 6 nitrogen and oxygen atoms in total. The SMILES string of the molecule is Cc1cccnc1OCC1CCN(c2nc3cccnc3n2C)CC1. The molecule has 0 atom stereocenters. The van der Waals surface area contributed by atoms with Crippen molar-refractivity contribution in [3.05, 3.63) is 42.2 Å². The van der Waals surface area contributed by atoms with Gasteiger partial charge in [-0.15, -0.1) is 0 Å². The van der Waals surface area contributed by atoms with Crippen LogP contribution in [0.5, 0.6) is 5.88 Å². The molecule has 0 spiro atoms. The van der Waals surface area contributed by atoms with Crippen molar-refractivity contribution in [3.8, 4) is 5.88 Å². The second kappa shape index (κ2) is 6.70. The van der Waals surface area contributed by atoms with Gasteiger partial charge in [-0.05, 0) is 43.9 Å². The molecule has 25 heavy (non-hydrogen) atoms. The van der Waals surface area contributed by atoms with Gasteiger partial charge in [0.2, 0.25) is 11.8 Å². The van der Waals surface area contributed by atoms with Gasteiger partial charge in [0.1, 0.15) is 5.52 Å². The largest absolute Gasteiger partial charge is 0.477 e. The van der Waals surface area contributed by atoms with Gasteiger partial charge >= 0.3 is 0 Å². The average Bonchev–Trinajstić information content (AvgIpc) is 2.99. The monoisotopic (exact) mass is 337 g/mol. The lowest BCUT2D eigenvalue weighted by molar-refractivity contribution is 0.214. The van der Waals surface area contributed by atoms with Crippen LogP contribution >= 0.6 is 0 Å². The molecule has 3 aromatic heterocycles. The highest BCUT2D eigenvalue weighted by Crippen LogP contribution is 2.25. The number of rotatable bonds is 4. The minimum absolute atomic E-state index is 0.561. The Hall–Kier alpha value is -2.63. The number of pyridine rings is 2. The fourth-order valence-electron chi connectivity index (χ4n) is 3.41. The molecule has 0 unspecified atom stereocenters. The number of ether oxygens (including phenoxy) is 1. The standard InChI is InChI=1S/C19H23N5O/c1-14-5-3-10-21-18(14)25-13-15-7-11-24(12-8-15)19-22-16-6-4-9-20-17(16)23(19)2/h3-6,9-10,15H,7-8,11-13H2,1-2H3. The zero-order chi connectivity index (χ0) is 17.2. The zero-order valence-electron chi connectivity index (χ0n) is 14.7. The molecule has 6 heteroatoms. The average molecular weight is 337 g/mol. The van der Waals surface area contributed by atoms with Crippen LogP contribution in [0, 0.1) is 12.8 Å². The van der Waals surface area contributed by atoms with Gasteiger partial charge < -0.3 is 9.64 Å². The Morgan fingerprint density at radius 2 is 1.88 bits per heavy atom. The predicted molar refractivity (Wildman–Crippen MR) is 97.9 cm³/mol. The van der Waals surface area contributed by atoms with Crippen LogP contribution in [-0.2, 0) is 7.05 Å². The van der Waals surface area contributed by atoms with Gasteiger partial charge in [-0.3, -0.25) is 4.57 Å². The van der Waals surface area contributed by atoms with Gasteiger partial charge in [0, 0.05) is 38.1 Å². The minimum Gasteiger partial charge on any atom is -0.477 e. The van der Waals surface area contributed by atoms with Crippen molar-refractivity contribution >= 4 is 17.1 Å². The van der Waals surface area contributed by atoms with Crippen molar-refractivity contribution < 1.29 is 4.74 Å². The summed E-state index contributed by atoms with van der Waals surface area (Å²) in [4.78, 5) is 15.8. The van der Waals surface area contributed by atoms with Gasteiger partial charge in [-0.25, -0.2) is 15.0 Å². The lowest BCUT2D eigenvalue weighted by atomic mass is 9.98. The first-order valence-electron chi connectivity index (χ1n) is 8.79. The molecule has 3 aromatic rings. The van der Waals surface area contributed by atoms with Gasteiger partial charge in [-0.1, -0.05) is 6.07 Å². The van der Waals surface area contributed by atoms with E-state index in [1.165, 1.54) is 0 Å². The van der Waals surface area contributed by atoms with Gasteiger partial charge in [0.05, 0.1) is 6.61 Å². The van der Waals surface area contributed by atoms with Crippen molar-refractivity contribution in [1.82, 2.24) is 19.5 Å². The third kappa shape index (κ3) is 3.16. The molecule has 4 heterocycles. The fraction of sp³-hybridized carbons (Fsp3) is 0.421. The summed E-state index contributed by atoms with van der Waals surface area (Å²) in [6.07, 6.45) is 5.80. The normalized spacial score (nSPS) is 15.7. The van der Waals surface area contributed by atoms with Crippen LogP contribution in [0.4, 0.5) is 5.95 Å². The summed E-state index contributed by atoms with van der Waals surface area (Å²) in [5.41, 5.74) is 2.98. The van der Waals surface area contributed by atoms with Crippen molar-refractivity contribution in [2.75, 3.05) is 24.6 Å². The predicted octanol–water partition coefficient (Wildman–Crippen LogP) is 2.97. The second-order valence-corrected chi connectivity index (χ2v) is 6.68. The van der Waals surface area contributed by atoms with E-state index in [2.05, 4.69) is 19.4 Å². The van der Waals surface area contributed by atoms with E-state index in [1.807, 2.05) is 44.4 Å². The van der Waals surface area contributed by atoms with Gasteiger partial charge in [-0.2, -0.15) is 0 Å². The molecule has 4 rings (SSSR count). The van der Waals surface area contributed by atoms with E-state index in [0.717, 1.165) is 61.1 Å². The summed E-state index contributed by atoms with van der Waals surface area (Å²) in [6.45, 7) is 4.75. The quantitative estimate of drug-likeness (QED) is 0.732. The Bertz CT molecular complexity index is 867. The van der Waals surface area contributed by atoms with Crippen LogP contribution in [-0.4, -0.2) is 39.2 Å². The van der Waals surface area contributed by atoms with Crippen LogP contribution in [0.1, 0.15) is 18.4 Å². The third-order valence-corrected chi connectivity index (χ3v) is 4.92. The third-order valence-electron chi connectivity index (χ3n) is 4.92. The number of anilines is 1. The van der Waals surface area contributed by atoms with E-state index in [9.17, 15) is 0 Å². The van der Waals surface area contributed by atoms with Crippen LogP contribution < -0.4 is 9.64 Å². The van der Waals surface area contributed by atoms with Crippen LogP contribution in [0.2, 0.25) is 0 Å². The first-order chi connectivity index (χ1) is 12.2. The smallest absolute Gasteiger partial charge is 0.216 e. The zero-order valence-corrected chi connectivity index (χ0v) is 14.7. The molecular weight excluding hydrogens is 314 g/mol. The van der Waals surface area contributed by atoms with Gasteiger partial charge in [0.15, 0.2) is 5.65 Å². The van der Waals surface area contributed by atoms with Crippen LogP contribution in [0.15, 0.2) is 36.7 Å². The Morgan fingerprint density at radius 3 is 2.64 bits per heavy atom. The molecule has 0 aromatic carbocycles. The van der Waals surface area contributed by atoms with Crippen molar-refractivity contribution in [1.29, 1.82) is 0 Å². The molecule has 130 valence electrons. The van der Waals surface area contributed by atoms with E-state index in [1.54, 1.807) is 6.20 Å². The second-order valence-electron chi connectivity index (χ2n) is 6.68. The first-order valence-corrected chi connectivity index (χ1v) is 8.79. The van der Waals surface area contributed by atoms with E-state index in [-0.39, 0.29) is 0 Å². The maximum absolute atomic E-state index is 5.93. The fourth-order valence-corrected chi connectivity index (χ4v) is 3.41. The van der Waals surface area contributed by atoms with Crippen LogP contribution in [0.25, 0.3) is 11.2 Å². The molecule has 1 aliphatic rings. The summed E-state index contributed by atoms with van der Waals surface area (Å²) in [7, 11) is 2.04. The van der Waals surface area contributed by atoms with E-state index in [0.29, 0.717) is 5.92 Å². The molecule has 0 N–H and O–H groups in total. The first kappa shape index (κ1) is 15.9. The number of aromatic nitrogens is 4. The summed E-state index contributed by atoms with van der Waals surface area (Å²) < 4.78 is 8.02. The lowest BCUT2D eigenvalue weighted by Crippen LogP contribution is -2.37. The maximum Gasteiger partial charge on any atom is 0.216 e. The topological polar surface area (TPSA) is 56.1 Å². The number of hydrogen-bond donors (Lipinski definition) is 0. The lowest BCUT2D eigenvalue weighted by Gasteiger charge is -2.32. The summed E-state index contributed by atoms with van der Waals surface area (Å²) in [5, 5.41) is 0. The number of imidazole rings is 1. The maximum atomic E-state index is 5.93. The Kier molecular flexibility index (Phi) is 4.26. The van der Waals surface area contributed by atoms with E-state index >= 15 is 0 Å². The Balaban J connectivity index is 1.38. The van der Waals surface area contributed by atoms with Crippen molar-refractivity contribution in [3.63, 3.8) is 0 Å². The highest BCUT2D eigenvalue weighted by atomic mass is 16.5. The number of aryl methyl sites for hydroxylation is 2. The van der Waals surface area contributed by atoms with Crippen LogP contribution in [0.3, 0.4) is 0 Å². The molecule has 0 aliphatic carbocycles. The highest BCUT2D eigenvalue weighted by Gasteiger charge is 2.23. The van der Waals surface area contributed by atoms with Crippen molar-refractivity contribution in [2.45, 2.75) is 19.8 Å². The molecule has 1 aliphatic heterocycles. The van der Waals surface area contributed by atoms with E-state index < -0.39 is 0 Å². The van der Waals surface area contributed by atoms with Crippen molar-refractivity contribution in [2.24, 2.45) is 13.0 Å². The number of fused-ring (bicyclic) bond motifs is 1. The number of nitrogens with zero attached hydrogens (tertiary/aromatic N) is 5. The Morgan fingerprint density at radius 1 is 1.12 bits per heavy atom. The minimum atomic E-state index is 0.561. The molecule has 0 radical (unpaired) electrons. The summed E-state index contributed by atoms with van der Waals surface area (Å²) in [5.74, 6) is 2.32. The Labute approximate surface area is 147 Å². The molecule has 1 saturated heterocycles. The molecular formula is C19H23N5O. The molecule has 0 amide bonds. The van der Waals surface area contributed by atoms with Gasteiger partial charge in [0.25, 0.3) is 0 Å². The number of hydrogen-bond acceptors (Lipinski definition) is 5.